The van der Waals surface area contributed by atoms with Crippen molar-refractivity contribution >= 4 is 11.9 Å². The second kappa shape index (κ2) is 5.41. The first kappa shape index (κ1) is 14.2. The lowest BCUT2D eigenvalue weighted by atomic mass is 9.82. The van der Waals surface area contributed by atoms with Crippen LogP contribution in [0.15, 0.2) is 40.8 Å². The number of furan rings is 1. The molecule has 106 valence electrons. The molecule has 4 heteroatoms. The molecule has 0 bridgehead atoms. The number of rotatable bonds is 4. The van der Waals surface area contributed by atoms with Gasteiger partial charge in [-0.05, 0) is 35.6 Å². The Morgan fingerprint density at radius 2 is 1.85 bits per heavy atom. The molecule has 2 N–H and O–H groups in total. The molecule has 0 saturated heterocycles. The average Bonchev–Trinajstić information content (AvgIpc) is 2.86. The normalized spacial score (nSPS) is 11.3. The molecule has 2 aromatic rings. The number of anilines is 1. The summed E-state index contributed by atoms with van der Waals surface area (Å²) in [6.07, 6.45) is 1.04. The number of nitrogen functional groups attached to an aromatic ring is 1. The Morgan fingerprint density at radius 1 is 1.20 bits per heavy atom. The fraction of sp³-hybridized carbons (Fsp3) is 0.312. The van der Waals surface area contributed by atoms with Crippen LogP contribution in [-0.4, -0.2) is 5.97 Å². The zero-order chi connectivity index (χ0) is 14.8. The van der Waals surface area contributed by atoms with Crippen LogP contribution in [0.1, 0.15) is 43.3 Å². The van der Waals surface area contributed by atoms with Crippen LogP contribution in [0.25, 0.3) is 0 Å². The van der Waals surface area contributed by atoms with Crippen LogP contribution in [0.3, 0.4) is 0 Å². The molecule has 1 aromatic heterocycles. The van der Waals surface area contributed by atoms with Gasteiger partial charge in [-0.25, -0.2) is 4.79 Å². The fourth-order valence-electron chi connectivity index (χ4n) is 1.80. The van der Waals surface area contributed by atoms with Crippen LogP contribution >= 0.6 is 0 Å². The first-order chi connectivity index (χ1) is 9.42. The number of hydrogen-bond donors (Lipinski definition) is 1. The highest BCUT2D eigenvalue weighted by atomic mass is 16.5. The topological polar surface area (TPSA) is 65.5 Å². The van der Waals surface area contributed by atoms with E-state index in [9.17, 15) is 4.79 Å². The van der Waals surface area contributed by atoms with E-state index in [4.69, 9.17) is 14.9 Å². The summed E-state index contributed by atoms with van der Waals surface area (Å²) in [5, 5.41) is 0. The molecule has 0 amide bonds. The molecule has 0 fully saturated rings. The predicted octanol–water partition coefficient (Wildman–Crippen LogP) is 3.77. The molecule has 20 heavy (non-hydrogen) atoms. The highest BCUT2D eigenvalue weighted by Gasteiger charge is 2.18. The van der Waals surface area contributed by atoms with Crippen LogP contribution in [0.2, 0.25) is 0 Å². The van der Waals surface area contributed by atoms with Gasteiger partial charge in [-0.1, -0.05) is 32.9 Å². The van der Waals surface area contributed by atoms with E-state index in [-0.39, 0.29) is 17.1 Å². The molecular weight excluding hydrogens is 254 g/mol. The van der Waals surface area contributed by atoms with E-state index in [1.165, 1.54) is 17.7 Å². The summed E-state index contributed by atoms with van der Waals surface area (Å²) in [7, 11) is 0. The van der Waals surface area contributed by atoms with Crippen molar-refractivity contribution in [2.24, 2.45) is 0 Å². The molecule has 1 aromatic carbocycles. The van der Waals surface area contributed by atoms with Crippen molar-refractivity contribution in [3.05, 3.63) is 47.7 Å². The van der Waals surface area contributed by atoms with Gasteiger partial charge in [0.2, 0.25) is 5.76 Å². The van der Waals surface area contributed by atoms with Gasteiger partial charge in [-0.3, -0.25) is 0 Å². The van der Waals surface area contributed by atoms with Crippen molar-refractivity contribution in [3.8, 4) is 5.75 Å². The summed E-state index contributed by atoms with van der Waals surface area (Å²) in [5.41, 5.74) is 6.74. The van der Waals surface area contributed by atoms with Crippen molar-refractivity contribution in [1.29, 1.82) is 0 Å². The van der Waals surface area contributed by atoms with Crippen molar-refractivity contribution < 1.29 is 13.9 Å². The molecule has 0 aliphatic carbocycles. The first-order valence-electron chi connectivity index (χ1n) is 6.60. The smallest absolute Gasteiger partial charge is 0.379 e. The quantitative estimate of drug-likeness (QED) is 0.680. The third-order valence-electron chi connectivity index (χ3n) is 3.56. The van der Waals surface area contributed by atoms with Gasteiger partial charge in [-0.15, -0.1) is 0 Å². The van der Waals surface area contributed by atoms with Gasteiger partial charge in [0.25, 0.3) is 0 Å². The highest BCUT2D eigenvalue weighted by molar-refractivity contribution is 5.88. The molecule has 0 radical (unpaired) electrons. The van der Waals surface area contributed by atoms with E-state index in [2.05, 4.69) is 20.8 Å². The minimum atomic E-state index is -0.552. The Kier molecular flexibility index (Phi) is 3.84. The fourth-order valence-corrected chi connectivity index (χ4v) is 1.80. The Bertz CT molecular complexity index is 596. The van der Waals surface area contributed by atoms with Crippen molar-refractivity contribution in [1.82, 2.24) is 0 Å². The number of esters is 1. The standard InChI is InChI=1S/C16H19NO3/c1-4-16(2,3)11-5-7-12(8-6-11)19-15(18)13-9-10-14(17)20-13/h5-10H,4,17H2,1-3H3. The zero-order valence-electron chi connectivity index (χ0n) is 12.0. The van der Waals surface area contributed by atoms with Gasteiger partial charge in [0.05, 0.1) is 0 Å². The monoisotopic (exact) mass is 273 g/mol. The van der Waals surface area contributed by atoms with E-state index in [1.54, 1.807) is 12.1 Å². The van der Waals surface area contributed by atoms with Crippen molar-refractivity contribution in [2.75, 3.05) is 5.73 Å². The van der Waals surface area contributed by atoms with Gasteiger partial charge >= 0.3 is 5.97 Å². The Hall–Kier alpha value is -2.23. The first-order valence-corrected chi connectivity index (χ1v) is 6.60. The lowest BCUT2D eigenvalue weighted by Gasteiger charge is -2.23. The van der Waals surface area contributed by atoms with E-state index in [0.717, 1.165) is 6.42 Å². The zero-order valence-corrected chi connectivity index (χ0v) is 12.0. The highest BCUT2D eigenvalue weighted by Crippen LogP contribution is 2.28. The molecule has 4 nitrogen and oxygen atoms in total. The van der Waals surface area contributed by atoms with Gasteiger partial charge in [0.15, 0.2) is 5.88 Å². The minimum Gasteiger partial charge on any atom is -0.434 e. The summed E-state index contributed by atoms with van der Waals surface area (Å²) in [6, 6.07) is 10.5. The Morgan fingerprint density at radius 3 is 2.35 bits per heavy atom. The lowest BCUT2D eigenvalue weighted by Crippen LogP contribution is -2.15. The summed E-state index contributed by atoms with van der Waals surface area (Å²) < 4.78 is 10.2. The molecule has 0 aliphatic heterocycles. The molecule has 0 saturated carbocycles. The van der Waals surface area contributed by atoms with Gasteiger partial charge < -0.3 is 14.9 Å². The van der Waals surface area contributed by atoms with Gasteiger partial charge in [0.1, 0.15) is 5.75 Å². The third-order valence-corrected chi connectivity index (χ3v) is 3.56. The number of carbonyl (C=O) groups excluding carboxylic acids is 1. The molecule has 2 rings (SSSR count). The van der Waals surface area contributed by atoms with E-state index >= 15 is 0 Å². The summed E-state index contributed by atoms with van der Waals surface area (Å²) in [6.45, 7) is 6.51. The predicted molar refractivity (Wildman–Crippen MR) is 77.8 cm³/mol. The second-order valence-electron chi connectivity index (χ2n) is 5.35. The molecule has 1 heterocycles. The molecule has 0 aliphatic rings. The van der Waals surface area contributed by atoms with E-state index in [1.807, 2.05) is 12.1 Å². The Labute approximate surface area is 118 Å². The average molecular weight is 273 g/mol. The summed E-state index contributed by atoms with van der Waals surface area (Å²) in [5.74, 6) is 0.224. The third kappa shape index (κ3) is 3.02. The molecule has 0 atom stereocenters. The van der Waals surface area contributed by atoms with Gasteiger partial charge in [0, 0.05) is 6.07 Å². The number of carbonyl (C=O) groups is 1. The van der Waals surface area contributed by atoms with Crippen LogP contribution in [-0.2, 0) is 5.41 Å². The summed E-state index contributed by atoms with van der Waals surface area (Å²) >= 11 is 0. The SMILES string of the molecule is CCC(C)(C)c1ccc(OC(=O)c2ccc(N)o2)cc1. The van der Waals surface area contributed by atoms with Crippen LogP contribution in [0.4, 0.5) is 5.88 Å². The number of ether oxygens (including phenoxy) is 1. The van der Waals surface area contributed by atoms with E-state index in [0.29, 0.717) is 5.75 Å². The maximum absolute atomic E-state index is 11.8. The molecule has 0 unspecified atom stereocenters. The molecule has 0 spiro atoms. The van der Waals surface area contributed by atoms with Crippen molar-refractivity contribution in [2.45, 2.75) is 32.6 Å². The number of benzene rings is 1. The van der Waals surface area contributed by atoms with Crippen LogP contribution in [0, 0.1) is 0 Å². The molecular formula is C16H19NO3. The van der Waals surface area contributed by atoms with E-state index < -0.39 is 5.97 Å². The minimum absolute atomic E-state index is 0.0977. The second-order valence-corrected chi connectivity index (χ2v) is 5.35. The maximum atomic E-state index is 11.8. The number of hydrogen-bond acceptors (Lipinski definition) is 4. The summed E-state index contributed by atoms with van der Waals surface area (Å²) in [4.78, 5) is 11.8. The van der Waals surface area contributed by atoms with Crippen LogP contribution < -0.4 is 10.5 Å². The Balaban J connectivity index is 2.10. The van der Waals surface area contributed by atoms with Crippen LogP contribution in [0.5, 0.6) is 5.75 Å². The van der Waals surface area contributed by atoms with Gasteiger partial charge in [-0.2, -0.15) is 0 Å². The maximum Gasteiger partial charge on any atom is 0.379 e. The largest absolute Gasteiger partial charge is 0.434 e. The lowest BCUT2D eigenvalue weighted by molar-refractivity contribution is 0.0702. The van der Waals surface area contributed by atoms with Crippen molar-refractivity contribution in [3.63, 3.8) is 0 Å². The number of nitrogens with two attached hydrogens (primary N) is 1.